The number of carbonyl (C=O) groups is 1. The molecular weight excluding hydrogens is 440 g/mol. The maximum Gasteiger partial charge on any atom is 0.338 e. The van der Waals surface area contributed by atoms with Gasteiger partial charge in [0.1, 0.15) is 24.0 Å². The summed E-state index contributed by atoms with van der Waals surface area (Å²) in [6.07, 6.45) is 0.101. The van der Waals surface area contributed by atoms with Crippen LogP contribution >= 0.6 is 0 Å². The van der Waals surface area contributed by atoms with Crippen LogP contribution < -0.4 is 5.32 Å². The van der Waals surface area contributed by atoms with Crippen LogP contribution in [0.5, 0.6) is 5.75 Å². The maximum atomic E-state index is 14.5. The third-order valence-electron chi connectivity index (χ3n) is 6.24. The highest BCUT2D eigenvalue weighted by molar-refractivity contribution is 5.93. The minimum atomic E-state index is -1.46. The van der Waals surface area contributed by atoms with Crippen molar-refractivity contribution in [2.24, 2.45) is 0 Å². The number of ether oxygens (including phenoxy) is 1. The molecule has 3 aromatic rings. The van der Waals surface area contributed by atoms with Crippen molar-refractivity contribution in [2.75, 3.05) is 11.9 Å². The molecule has 1 aliphatic heterocycles. The lowest BCUT2D eigenvalue weighted by molar-refractivity contribution is 0.0246. The second kappa shape index (κ2) is 9.06. The second-order valence-electron chi connectivity index (χ2n) is 9.52. The van der Waals surface area contributed by atoms with Crippen molar-refractivity contribution < 1.29 is 28.5 Å². The number of rotatable bonds is 8. The number of carbonyl (C=O) groups excluding carboxylic acids is 1. The number of aliphatic hydroxyl groups is 1. The molecule has 0 bridgehead atoms. The average Bonchev–Trinajstić information content (AvgIpc) is 3.15. The summed E-state index contributed by atoms with van der Waals surface area (Å²) < 4.78 is 33.5. The number of phenolic OH excluding ortho intramolecular Hbond substituents is 1. The minimum absolute atomic E-state index is 0.00127. The largest absolute Gasteiger partial charge is 0.508 e. The number of hydrogen-bond acceptors (Lipinski definition) is 5. The molecule has 0 amide bonds. The second-order valence-corrected chi connectivity index (χ2v) is 9.52. The summed E-state index contributed by atoms with van der Waals surface area (Å²) in [7, 11) is 0. The monoisotopic (exact) mass is 467 g/mol. The molecular formula is C27H27F2NO4. The van der Waals surface area contributed by atoms with E-state index in [0.717, 1.165) is 5.56 Å². The first-order valence-electron chi connectivity index (χ1n) is 11.1. The molecule has 5 nitrogen and oxygen atoms in total. The highest BCUT2D eigenvalue weighted by Crippen LogP contribution is 2.39. The molecule has 178 valence electrons. The number of benzene rings is 3. The Morgan fingerprint density at radius 2 is 1.82 bits per heavy atom. The summed E-state index contributed by atoms with van der Waals surface area (Å²) in [6, 6.07) is 15.1. The highest BCUT2D eigenvalue weighted by Gasteiger charge is 2.38. The third kappa shape index (κ3) is 5.04. The Bertz CT molecular complexity index is 1230. The van der Waals surface area contributed by atoms with E-state index in [4.69, 9.17) is 4.74 Å². The lowest BCUT2D eigenvalue weighted by atomic mass is 9.73. The molecule has 1 atom stereocenters. The van der Waals surface area contributed by atoms with Gasteiger partial charge in [-0.05, 0) is 59.9 Å². The Labute approximate surface area is 197 Å². The Morgan fingerprint density at radius 3 is 2.59 bits per heavy atom. The fourth-order valence-corrected chi connectivity index (χ4v) is 4.66. The van der Waals surface area contributed by atoms with Crippen LogP contribution in [0.1, 0.15) is 47.3 Å². The molecule has 1 unspecified atom stereocenters. The van der Waals surface area contributed by atoms with Crippen LogP contribution in [0.4, 0.5) is 14.5 Å². The van der Waals surface area contributed by atoms with Crippen molar-refractivity contribution in [3.05, 3.63) is 94.6 Å². The van der Waals surface area contributed by atoms with Gasteiger partial charge in [0.2, 0.25) is 0 Å². The zero-order chi connectivity index (χ0) is 24.5. The van der Waals surface area contributed by atoms with Crippen molar-refractivity contribution in [3.63, 3.8) is 0 Å². The van der Waals surface area contributed by atoms with Gasteiger partial charge in [-0.25, -0.2) is 13.6 Å². The topological polar surface area (TPSA) is 78.8 Å². The summed E-state index contributed by atoms with van der Waals surface area (Å²) in [4.78, 5) is 11.7. The summed E-state index contributed by atoms with van der Waals surface area (Å²) in [5.41, 5.74) is 0.330. The fraction of sp³-hybridized carbons (Fsp3) is 0.296. The van der Waals surface area contributed by atoms with Gasteiger partial charge in [-0.15, -0.1) is 0 Å². The molecule has 0 aromatic heterocycles. The van der Waals surface area contributed by atoms with Gasteiger partial charge in [-0.3, -0.25) is 0 Å². The van der Waals surface area contributed by atoms with Crippen LogP contribution in [0.3, 0.4) is 0 Å². The zero-order valence-electron chi connectivity index (χ0n) is 19.1. The molecule has 3 aromatic carbocycles. The van der Waals surface area contributed by atoms with Crippen LogP contribution in [0.25, 0.3) is 0 Å². The zero-order valence-corrected chi connectivity index (χ0v) is 19.1. The molecule has 1 aliphatic rings. The van der Waals surface area contributed by atoms with Gasteiger partial charge < -0.3 is 20.3 Å². The SMILES string of the molecule is CC(C)(CC(O)(CNc1ccc2c(c1)COC2=O)Cc1ccccc1F)c1cc(F)ccc1O. The normalized spacial score (nSPS) is 14.9. The van der Waals surface area contributed by atoms with Gasteiger partial charge in [0.25, 0.3) is 0 Å². The van der Waals surface area contributed by atoms with E-state index in [9.17, 15) is 23.8 Å². The molecule has 1 heterocycles. The Morgan fingerprint density at radius 1 is 1.06 bits per heavy atom. The average molecular weight is 468 g/mol. The predicted octanol–water partition coefficient (Wildman–Crippen LogP) is 5.09. The van der Waals surface area contributed by atoms with Crippen LogP contribution in [0.2, 0.25) is 0 Å². The van der Waals surface area contributed by atoms with E-state index in [-0.39, 0.29) is 37.7 Å². The molecule has 7 heteroatoms. The Balaban J connectivity index is 1.62. The van der Waals surface area contributed by atoms with Crippen molar-refractivity contribution in [3.8, 4) is 5.75 Å². The van der Waals surface area contributed by atoms with Crippen LogP contribution in [-0.4, -0.2) is 28.3 Å². The Hall–Kier alpha value is -3.45. The summed E-state index contributed by atoms with van der Waals surface area (Å²) in [6.45, 7) is 3.84. The molecule has 0 saturated heterocycles. The molecule has 3 N–H and O–H groups in total. The first-order chi connectivity index (χ1) is 16.1. The van der Waals surface area contributed by atoms with Gasteiger partial charge in [0.05, 0.1) is 11.2 Å². The molecule has 34 heavy (non-hydrogen) atoms. The number of fused-ring (bicyclic) bond motifs is 1. The maximum absolute atomic E-state index is 14.5. The molecule has 0 aliphatic carbocycles. The van der Waals surface area contributed by atoms with E-state index in [2.05, 4.69) is 5.32 Å². The number of hydrogen-bond donors (Lipinski definition) is 3. The van der Waals surface area contributed by atoms with Gasteiger partial charge >= 0.3 is 5.97 Å². The van der Waals surface area contributed by atoms with E-state index >= 15 is 0 Å². The highest BCUT2D eigenvalue weighted by atomic mass is 19.1. The van der Waals surface area contributed by atoms with Crippen molar-refractivity contribution in [1.29, 1.82) is 0 Å². The predicted molar refractivity (Wildman–Crippen MR) is 125 cm³/mol. The van der Waals surface area contributed by atoms with Gasteiger partial charge in [-0.2, -0.15) is 0 Å². The number of cyclic esters (lactones) is 1. The smallest absolute Gasteiger partial charge is 0.338 e. The van der Waals surface area contributed by atoms with E-state index in [1.807, 2.05) is 0 Å². The molecule has 0 saturated carbocycles. The summed E-state index contributed by atoms with van der Waals surface area (Å²) in [5.74, 6) is -1.36. The lowest BCUT2D eigenvalue weighted by Crippen LogP contribution is -2.44. The fourth-order valence-electron chi connectivity index (χ4n) is 4.66. The van der Waals surface area contributed by atoms with Crippen LogP contribution in [0.15, 0.2) is 60.7 Å². The van der Waals surface area contributed by atoms with E-state index < -0.39 is 22.7 Å². The third-order valence-corrected chi connectivity index (χ3v) is 6.24. The van der Waals surface area contributed by atoms with E-state index in [1.165, 1.54) is 24.3 Å². The number of aromatic hydroxyl groups is 1. The van der Waals surface area contributed by atoms with E-state index in [1.54, 1.807) is 50.2 Å². The summed E-state index contributed by atoms with van der Waals surface area (Å²) >= 11 is 0. The number of nitrogens with one attached hydrogen (secondary N) is 1. The van der Waals surface area contributed by atoms with Gasteiger partial charge in [0, 0.05) is 29.8 Å². The molecule has 0 radical (unpaired) electrons. The van der Waals surface area contributed by atoms with Gasteiger partial charge in [-0.1, -0.05) is 32.0 Å². The molecule has 0 spiro atoms. The van der Waals surface area contributed by atoms with Crippen molar-refractivity contribution >= 4 is 11.7 Å². The van der Waals surface area contributed by atoms with Crippen molar-refractivity contribution in [2.45, 2.75) is 44.3 Å². The van der Waals surface area contributed by atoms with E-state index in [0.29, 0.717) is 22.4 Å². The van der Waals surface area contributed by atoms with Gasteiger partial charge in [0.15, 0.2) is 0 Å². The van der Waals surface area contributed by atoms with Crippen LogP contribution in [0, 0.1) is 11.6 Å². The summed E-state index contributed by atoms with van der Waals surface area (Å²) in [5, 5.41) is 25.3. The molecule has 4 rings (SSSR count). The standard InChI is InChI=1S/C27H27F2NO4/c1-26(2,22-12-19(28)7-10-24(22)31)15-27(33,13-17-5-3-4-6-23(17)29)16-30-20-8-9-21-18(11-20)14-34-25(21)32/h3-12,30-31,33H,13-16H2,1-2H3. The molecule has 0 fully saturated rings. The quantitative estimate of drug-likeness (QED) is 0.402. The number of anilines is 1. The number of esters is 1. The Kier molecular flexibility index (Phi) is 6.32. The number of halogens is 2. The number of phenols is 1. The lowest BCUT2D eigenvalue weighted by Gasteiger charge is -2.37. The minimum Gasteiger partial charge on any atom is -0.508 e. The van der Waals surface area contributed by atoms with Crippen molar-refractivity contribution in [1.82, 2.24) is 0 Å². The van der Waals surface area contributed by atoms with Crippen LogP contribution in [-0.2, 0) is 23.2 Å². The first-order valence-corrected chi connectivity index (χ1v) is 11.1. The first kappa shape index (κ1) is 23.7.